The highest BCUT2D eigenvalue weighted by Gasteiger charge is 2.38. The van der Waals surface area contributed by atoms with Gasteiger partial charge in [0.15, 0.2) is 0 Å². The molecule has 2 aromatic rings. The average Bonchev–Trinajstić information content (AvgIpc) is 2.89. The first kappa shape index (κ1) is 22.7. The number of hydrogen-bond donors (Lipinski definition) is 1. The van der Waals surface area contributed by atoms with Crippen LogP contribution in [0.3, 0.4) is 0 Å². The molecule has 3 aliphatic heterocycles. The van der Waals surface area contributed by atoms with Crippen LogP contribution in [0.4, 0.5) is 4.79 Å². The third kappa shape index (κ3) is 4.75. The number of benzene rings is 2. The van der Waals surface area contributed by atoms with Gasteiger partial charge in [0, 0.05) is 32.1 Å². The van der Waals surface area contributed by atoms with E-state index in [2.05, 4.69) is 53.8 Å². The van der Waals surface area contributed by atoms with Crippen LogP contribution in [0.25, 0.3) is 0 Å². The Bertz CT molecular complexity index is 1010. The van der Waals surface area contributed by atoms with E-state index in [1.54, 1.807) is 7.11 Å². The van der Waals surface area contributed by atoms with E-state index < -0.39 is 0 Å². The largest absolute Gasteiger partial charge is 0.497 e. The number of piperidine rings is 2. The van der Waals surface area contributed by atoms with E-state index >= 15 is 0 Å². The molecular weight excluding hydrogens is 430 g/mol. The molecule has 1 unspecified atom stereocenters. The lowest BCUT2D eigenvalue weighted by Crippen LogP contribution is -2.62. The van der Waals surface area contributed by atoms with Crippen molar-refractivity contribution in [3.8, 4) is 5.75 Å². The lowest BCUT2D eigenvalue weighted by Gasteiger charge is -2.44. The SMILES string of the molecule is COc1cccc([C@@H](c2ccccc2)C2CCN(C(=O)N3CCC4OCC(=O)N[C@@H]4C3)CC2)c1. The molecule has 3 atom stereocenters. The number of methoxy groups -OCH3 is 1. The van der Waals surface area contributed by atoms with E-state index in [0.29, 0.717) is 19.0 Å². The summed E-state index contributed by atoms with van der Waals surface area (Å²) in [6, 6.07) is 19.0. The van der Waals surface area contributed by atoms with Gasteiger partial charge in [-0.15, -0.1) is 0 Å². The molecule has 1 N–H and O–H groups in total. The van der Waals surface area contributed by atoms with Crippen LogP contribution in [-0.2, 0) is 9.53 Å². The Labute approximate surface area is 201 Å². The van der Waals surface area contributed by atoms with Crippen LogP contribution in [0.15, 0.2) is 54.6 Å². The second-order valence-electron chi connectivity index (χ2n) is 9.53. The van der Waals surface area contributed by atoms with Gasteiger partial charge in [-0.25, -0.2) is 4.79 Å². The Morgan fingerprint density at radius 3 is 2.50 bits per heavy atom. The number of ether oxygens (including phenoxy) is 2. The van der Waals surface area contributed by atoms with Crippen LogP contribution in [0, 0.1) is 5.92 Å². The third-order valence-electron chi connectivity index (χ3n) is 7.49. The van der Waals surface area contributed by atoms with Crippen molar-refractivity contribution in [2.75, 3.05) is 39.9 Å². The summed E-state index contributed by atoms with van der Waals surface area (Å²) in [6.07, 6.45) is 2.67. The summed E-state index contributed by atoms with van der Waals surface area (Å²) in [5.74, 6) is 1.48. The number of urea groups is 1. The number of fused-ring (bicyclic) bond motifs is 1. The van der Waals surface area contributed by atoms with Crippen LogP contribution in [-0.4, -0.2) is 73.8 Å². The first-order valence-electron chi connectivity index (χ1n) is 12.3. The number of nitrogens with zero attached hydrogens (tertiary/aromatic N) is 2. The van der Waals surface area contributed by atoms with Crippen molar-refractivity contribution in [3.63, 3.8) is 0 Å². The molecule has 0 aromatic heterocycles. The van der Waals surface area contributed by atoms with Crippen molar-refractivity contribution in [1.82, 2.24) is 15.1 Å². The van der Waals surface area contributed by atoms with Crippen molar-refractivity contribution in [1.29, 1.82) is 0 Å². The maximum Gasteiger partial charge on any atom is 0.320 e. The molecule has 3 saturated heterocycles. The fraction of sp³-hybridized carbons (Fsp3) is 0.481. The number of carbonyl (C=O) groups excluding carboxylic acids is 2. The molecule has 7 heteroatoms. The highest BCUT2D eigenvalue weighted by molar-refractivity contribution is 5.79. The number of amides is 3. The quantitative estimate of drug-likeness (QED) is 0.756. The molecule has 7 nitrogen and oxygen atoms in total. The van der Waals surface area contributed by atoms with E-state index in [1.807, 2.05) is 15.9 Å². The summed E-state index contributed by atoms with van der Waals surface area (Å²) in [5, 5.41) is 2.99. The van der Waals surface area contributed by atoms with E-state index in [1.165, 1.54) is 11.1 Å². The smallest absolute Gasteiger partial charge is 0.320 e. The van der Waals surface area contributed by atoms with E-state index in [4.69, 9.17) is 9.47 Å². The summed E-state index contributed by atoms with van der Waals surface area (Å²) in [6.45, 7) is 2.80. The highest BCUT2D eigenvalue weighted by Crippen LogP contribution is 2.39. The van der Waals surface area contributed by atoms with Gasteiger partial charge in [0.2, 0.25) is 5.91 Å². The van der Waals surface area contributed by atoms with Crippen molar-refractivity contribution in [2.24, 2.45) is 5.92 Å². The molecule has 3 heterocycles. The number of likely N-dealkylation sites (tertiary alicyclic amines) is 2. The number of hydrogen-bond acceptors (Lipinski definition) is 4. The predicted molar refractivity (Wildman–Crippen MR) is 129 cm³/mol. The summed E-state index contributed by atoms with van der Waals surface area (Å²) in [5.41, 5.74) is 2.56. The van der Waals surface area contributed by atoms with Crippen molar-refractivity contribution < 1.29 is 19.1 Å². The summed E-state index contributed by atoms with van der Waals surface area (Å²) >= 11 is 0. The molecule has 3 fully saturated rings. The zero-order chi connectivity index (χ0) is 23.5. The molecule has 2 aromatic carbocycles. The molecule has 0 radical (unpaired) electrons. The molecule has 0 aliphatic carbocycles. The van der Waals surface area contributed by atoms with Gasteiger partial charge in [0.05, 0.1) is 19.3 Å². The van der Waals surface area contributed by atoms with Crippen LogP contribution < -0.4 is 10.1 Å². The molecule has 0 bridgehead atoms. The van der Waals surface area contributed by atoms with Gasteiger partial charge in [-0.3, -0.25) is 4.79 Å². The minimum absolute atomic E-state index is 0.0157. The van der Waals surface area contributed by atoms with Crippen LogP contribution in [0.2, 0.25) is 0 Å². The molecule has 3 amide bonds. The van der Waals surface area contributed by atoms with Crippen LogP contribution >= 0.6 is 0 Å². The monoisotopic (exact) mass is 463 g/mol. The zero-order valence-corrected chi connectivity index (χ0v) is 19.7. The van der Waals surface area contributed by atoms with Gasteiger partial charge in [0.25, 0.3) is 0 Å². The van der Waals surface area contributed by atoms with Gasteiger partial charge in [-0.2, -0.15) is 0 Å². The highest BCUT2D eigenvalue weighted by atomic mass is 16.5. The topological polar surface area (TPSA) is 71.1 Å². The van der Waals surface area contributed by atoms with E-state index in [-0.39, 0.29) is 36.6 Å². The van der Waals surface area contributed by atoms with Crippen molar-refractivity contribution in [2.45, 2.75) is 37.3 Å². The summed E-state index contributed by atoms with van der Waals surface area (Å²) in [4.78, 5) is 28.9. The first-order valence-corrected chi connectivity index (χ1v) is 12.3. The first-order chi connectivity index (χ1) is 16.6. The minimum Gasteiger partial charge on any atom is -0.497 e. The van der Waals surface area contributed by atoms with Gasteiger partial charge in [0.1, 0.15) is 12.4 Å². The zero-order valence-electron chi connectivity index (χ0n) is 19.7. The Balaban J connectivity index is 1.26. The molecule has 34 heavy (non-hydrogen) atoms. The Hall–Kier alpha value is -3.06. The lowest BCUT2D eigenvalue weighted by molar-refractivity contribution is -0.139. The summed E-state index contributed by atoms with van der Waals surface area (Å²) < 4.78 is 11.1. The van der Waals surface area contributed by atoms with Gasteiger partial charge in [-0.1, -0.05) is 42.5 Å². The maximum atomic E-state index is 13.3. The number of morpholine rings is 1. The Kier molecular flexibility index (Phi) is 6.72. The maximum absolute atomic E-state index is 13.3. The van der Waals surface area contributed by atoms with E-state index in [9.17, 15) is 9.59 Å². The minimum atomic E-state index is -0.105. The predicted octanol–water partition coefficient (Wildman–Crippen LogP) is 3.25. The van der Waals surface area contributed by atoms with Crippen LogP contribution in [0.1, 0.15) is 36.3 Å². The van der Waals surface area contributed by atoms with E-state index in [0.717, 1.165) is 38.1 Å². The average molecular weight is 464 g/mol. The lowest BCUT2D eigenvalue weighted by atomic mass is 9.76. The molecule has 3 aliphatic rings. The van der Waals surface area contributed by atoms with Gasteiger partial charge in [-0.05, 0) is 48.4 Å². The Morgan fingerprint density at radius 2 is 1.74 bits per heavy atom. The van der Waals surface area contributed by atoms with Gasteiger partial charge >= 0.3 is 6.03 Å². The Morgan fingerprint density at radius 1 is 1.00 bits per heavy atom. The molecule has 0 spiro atoms. The molecular formula is C27H33N3O4. The number of rotatable bonds is 4. The fourth-order valence-corrected chi connectivity index (χ4v) is 5.73. The third-order valence-corrected chi connectivity index (χ3v) is 7.49. The summed E-state index contributed by atoms with van der Waals surface area (Å²) in [7, 11) is 1.70. The molecule has 5 rings (SSSR count). The molecule has 180 valence electrons. The second-order valence-corrected chi connectivity index (χ2v) is 9.53. The molecule has 0 saturated carbocycles. The number of carbonyl (C=O) groups is 2. The van der Waals surface area contributed by atoms with Crippen molar-refractivity contribution >= 4 is 11.9 Å². The van der Waals surface area contributed by atoms with Crippen LogP contribution in [0.5, 0.6) is 5.75 Å². The standard InChI is InChI=1S/C27H33N3O4/c1-33-22-9-5-8-21(16-22)26(19-6-3-2-4-7-19)20-10-13-29(14-11-20)27(32)30-15-12-24-23(17-30)28-25(31)18-34-24/h2-9,16,20,23-24,26H,10-15,17-18H2,1H3,(H,28,31)/t23-,24?,26+/m1/s1. The number of nitrogens with one attached hydrogen (secondary N) is 1. The van der Waals surface area contributed by atoms with Crippen molar-refractivity contribution in [3.05, 3.63) is 65.7 Å². The second kappa shape index (κ2) is 10.1. The van der Waals surface area contributed by atoms with Gasteiger partial charge < -0.3 is 24.6 Å². The fourth-order valence-electron chi connectivity index (χ4n) is 5.73. The normalized spacial score (nSPS) is 24.2.